The van der Waals surface area contributed by atoms with Gasteiger partial charge in [-0.1, -0.05) is 20.8 Å². The van der Waals surface area contributed by atoms with E-state index in [1.807, 2.05) is 20.8 Å². The van der Waals surface area contributed by atoms with E-state index < -0.39 is 18.6 Å². The van der Waals surface area contributed by atoms with Gasteiger partial charge in [-0.2, -0.15) is 0 Å². The molecule has 1 saturated heterocycles. The molecule has 1 atom stereocenters. The molecule has 0 aromatic heterocycles. The zero-order valence-corrected chi connectivity index (χ0v) is 16.0. The smallest absolute Gasteiger partial charge is 0.341 e. The number of hydrogen-bond donors (Lipinski definition) is 2. The molecule has 0 aliphatic carbocycles. The summed E-state index contributed by atoms with van der Waals surface area (Å²) in [5.41, 5.74) is 0.440. The molecule has 0 bridgehead atoms. The molecule has 2 N–H and O–H groups in total. The molecule has 0 saturated carbocycles. The number of nitrogens with one attached hydrogen (secondary N) is 1. The Morgan fingerprint density at radius 2 is 1.92 bits per heavy atom. The minimum absolute atomic E-state index is 0.0138. The summed E-state index contributed by atoms with van der Waals surface area (Å²) in [6, 6.07) is 5.96. The van der Waals surface area contributed by atoms with Crippen molar-refractivity contribution in [2.45, 2.75) is 33.2 Å². The summed E-state index contributed by atoms with van der Waals surface area (Å²) in [6.07, 6.45) is 0.396. The van der Waals surface area contributed by atoms with E-state index in [1.165, 1.54) is 0 Å². The zero-order chi connectivity index (χ0) is 19.3. The number of benzene rings is 1. The highest BCUT2D eigenvalue weighted by atomic mass is 32.2. The number of thioether (sulfide) groups is 1. The highest BCUT2D eigenvalue weighted by molar-refractivity contribution is 7.99. The maximum Gasteiger partial charge on any atom is 0.341 e. The van der Waals surface area contributed by atoms with Crippen LogP contribution in [0.15, 0.2) is 24.3 Å². The quantitative estimate of drug-likeness (QED) is 0.787. The van der Waals surface area contributed by atoms with E-state index in [2.05, 4.69) is 5.32 Å². The summed E-state index contributed by atoms with van der Waals surface area (Å²) in [4.78, 5) is 37.2. The Morgan fingerprint density at radius 3 is 2.50 bits per heavy atom. The van der Waals surface area contributed by atoms with Crippen LogP contribution in [-0.2, 0) is 14.4 Å². The van der Waals surface area contributed by atoms with Crippen molar-refractivity contribution in [1.29, 1.82) is 0 Å². The van der Waals surface area contributed by atoms with E-state index in [-0.39, 0.29) is 17.2 Å². The Labute approximate surface area is 157 Å². The minimum atomic E-state index is -1.05. The van der Waals surface area contributed by atoms with E-state index in [1.54, 1.807) is 40.9 Å². The number of anilines is 1. The fourth-order valence-electron chi connectivity index (χ4n) is 2.47. The summed E-state index contributed by atoms with van der Waals surface area (Å²) >= 11 is 1.56. The minimum Gasteiger partial charge on any atom is -0.482 e. The average Bonchev–Trinajstić information content (AvgIpc) is 3.02. The van der Waals surface area contributed by atoms with Crippen LogP contribution in [0.3, 0.4) is 0 Å². The molecular weight excluding hydrogens is 356 g/mol. The van der Waals surface area contributed by atoms with Crippen LogP contribution in [0.2, 0.25) is 0 Å². The average molecular weight is 380 g/mol. The highest BCUT2D eigenvalue weighted by Crippen LogP contribution is 2.27. The first kappa shape index (κ1) is 20.1. The second-order valence-electron chi connectivity index (χ2n) is 7.31. The lowest BCUT2D eigenvalue weighted by molar-refractivity contribution is -0.139. The van der Waals surface area contributed by atoms with Gasteiger partial charge in [0.1, 0.15) is 11.8 Å². The van der Waals surface area contributed by atoms with E-state index in [0.29, 0.717) is 29.5 Å². The first-order valence-electron chi connectivity index (χ1n) is 8.28. The third-order valence-corrected chi connectivity index (χ3v) is 4.68. The van der Waals surface area contributed by atoms with Crippen LogP contribution >= 0.6 is 11.8 Å². The van der Waals surface area contributed by atoms with Gasteiger partial charge in [0.25, 0.3) is 0 Å². The maximum absolute atomic E-state index is 12.6. The number of hydrogen-bond acceptors (Lipinski definition) is 5. The van der Waals surface area contributed by atoms with Gasteiger partial charge >= 0.3 is 5.97 Å². The highest BCUT2D eigenvalue weighted by Gasteiger charge is 2.35. The summed E-state index contributed by atoms with van der Waals surface area (Å²) in [5, 5.41) is 11.4. The third-order valence-electron chi connectivity index (χ3n) is 3.67. The Kier molecular flexibility index (Phi) is 6.52. The van der Waals surface area contributed by atoms with Crippen LogP contribution in [0.5, 0.6) is 5.75 Å². The molecule has 1 heterocycles. The van der Waals surface area contributed by atoms with Gasteiger partial charge in [-0.15, -0.1) is 11.8 Å². The van der Waals surface area contributed by atoms with Crippen LogP contribution in [0.25, 0.3) is 0 Å². The Morgan fingerprint density at radius 1 is 1.27 bits per heavy atom. The Bertz CT molecular complexity index is 669. The second-order valence-corrected chi connectivity index (χ2v) is 8.31. The Balaban J connectivity index is 1.95. The van der Waals surface area contributed by atoms with Crippen LogP contribution < -0.4 is 10.1 Å². The number of carbonyl (C=O) groups is 3. The van der Waals surface area contributed by atoms with Crippen molar-refractivity contribution < 1.29 is 24.2 Å². The zero-order valence-electron chi connectivity index (χ0n) is 15.2. The fourth-order valence-corrected chi connectivity index (χ4v) is 3.65. The molecule has 7 nitrogen and oxygen atoms in total. The molecule has 1 aliphatic rings. The largest absolute Gasteiger partial charge is 0.482 e. The summed E-state index contributed by atoms with van der Waals surface area (Å²) in [7, 11) is 0. The van der Waals surface area contributed by atoms with E-state index in [4.69, 9.17) is 9.84 Å². The van der Waals surface area contributed by atoms with Crippen molar-refractivity contribution >= 4 is 35.2 Å². The predicted molar refractivity (Wildman–Crippen MR) is 100 cm³/mol. The fraction of sp³-hybridized carbons (Fsp3) is 0.500. The first-order valence-corrected chi connectivity index (χ1v) is 9.44. The molecule has 1 aromatic rings. The van der Waals surface area contributed by atoms with Crippen molar-refractivity contribution in [3.63, 3.8) is 0 Å². The number of carboxylic acids is 1. The Hall–Kier alpha value is -2.22. The summed E-state index contributed by atoms with van der Waals surface area (Å²) < 4.78 is 5.05. The number of nitrogens with zero attached hydrogens (tertiary/aromatic N) is 1. The molecule has 1 aliphatic heterocycles. The topological polar surface area (TPSA) is 95.9 Å². The van der Waals surface area contributed by atoms with E-state index in [9.17, 15) is 14.4 Å². The van der Waals surface area contributed by atoms with Gasteiger partial charge in [0.15, 0.2) is 6.61 Å². The van der Waals surface area contributed by atoms with Crippen LogP contribution in [-0.4, -0.2) is 52.1 Å². The molecule has 1 fully saturated rings. The number of carboxylic acid groups (broad SMARTS) is 1. The number of rotatable bonds is 6. The van der Waals surface area contributed by atoms with Gasteiger partial charge in [0.05, 0.1) is 5.88 Å². The lowest BCUT2D eigenvalue weighted by Crippen LogP contribution is -2.45. The number of carbonyl (C=O) groups excluding carboxylic acids is 2. The molecule has 2 amide bonds. The second kappa shape index (κ2) is 8.44. The first-order chi connectivity index (χ1) is 12.2. The molecule has 1 unspecified atom stereocenters. The molecule has 8 heteroatoms. The van der Waals surface area contributed by atoms with Gasteiger partial charge in [0.2, 0.25) is 11.8 Å². The SMILES string of the molecule is CC(C)(C)CC(=O)N1CSCC1C(=O)Nc1ccc(OCC(=O)O)cc1. The normalized spacial score (nSPS) is 17.0. The molecule has 26 heavy (non-hydrogen) atoms. The standard InChI is InChI=1S/C18H24N2O5S/c1-18(2,3)8-15(21)20-11-26-10-14(20)17(24)19-12-4-6-13(7-5-12)25-9-16(22)23/h4-7,14H,8-11H2,1-3H3,(H,19,24)(H,22,23). The van der Waals surface area contributed by atoms with Crippen LogP contribution in [0.4, 0.5) is 5.69 Å². The molecule has 0 spiro atoms. The van der Waals surface area contributed by atoms with Gasteiger partial charge in [0, 0.05) is 17.9 Å². The third kappa shape index (κ3) is 5.94. The molecule has 0 radical (unpaired) electrons. The number of ether oxygens (including phenoxy) is 1. The molecule has 2 rings (SSSR count). The van der Waals surface area contributed by atoms with Crippen molar-refractivity contribution in [3.8, 4) is 5.75 Å². The lowest BCUT2D eigenvalue weighted by atomic mass is 9.91. The van der Waals surface area contributed by atoms with Gasteiger partial charge in [-0.25, -0.2) is 4.79 Å². The predicted octanol–water partition coefficient (Wildman–Crippen LogP) is 2.43. The monoisotopic (exact) mass is 380 g/mol. The van der Waals surface area contributed by atoms with Crippen LogP contribution in [0.1, 0.15) is 27.2 Å². The molecular formula is C18H24N2O5S. The maximum atomic E-state index is 12.6. The van der Waals surface area contributed by atoms with Crippen molar-refractivity contribution in [2.75, 3.05) is 23.6 Å². The molecule has 1 aromatic carbocycles. The van der Waals surface area contributed by atoms with Gasteiger partial charge in [-0.05, 0) is 29.7 Å². The summed E-state index contributed by atoms with van der Waals surface area (Å²) in [5.74, 6) is 0.206. The number of amides is 2. The van der Waals surface area contributed by atoms with E-state index >= 15 is 0 Å². The van der Waals surface area contributed by atoms with Gasteiger partial charge < -0.3 is 20.1 Å². The van der Waals surface area contributed by atoms with Crippen molar-refractivity contribution in [1.82, 2.24) is 4.90 Å². The van der Waals surface area contributed by atoms with Crippen molar-refractivity contribution in [2.24, 2.45) is 5.41 Å². The van der Waals surface area contributed by atoms with E-state index in [0.717, 1.165) is 0 Å². The summed E-state index contributed by atoms with van der Waals surface area (Å²) in [6.45, 7) is 5.57. The van der Waals surface area contributed by atoms with Crippen LogP contribution in [0, 0.1) is 5.41 Å². The van der Waals surface area contributed by atoms with Crippen molar-refractivity contribution in [3.05, 3.63) is 24.3 Å². The molecule has 142 valence electrons. The van der Waals surface area contributed by atoms with Gasteiger partial charge in [-0.3, -0.25) is 9.59 Å². The number of aliphatic carboxylic acids is 1. The lowest BCUT2D eigenvalue weighted by Gasteiger charge is -2.26.